The van der Waals surface area contributed by atoms with Crippen molar-refractivity contribution in [2.45, 2.75) is 25.7 Å². The van der Waals surface area contributed by atoms with Crippen molar-refractivity contribution in [2.24, 2.45) is 5.92 Å². The molecular formula is C21H24F2N6O4S. The van der Waals surface area contributed by atoms with Crippen molar-refractivity contribution in [3.63, 3.8) is 0 Å². The first kappa shape index (κ1) is 23.8. The Morgan fingerprint density at radius 2 is 2.06 bits per heavy atom. The standard InChI is InChI=1S/C21H24F2N6O4S/c1-14-2-4-15(5-3-14)7-9-34(31,32)33-20(30)29-8-6-16(21(22,23)12-29)10-24-18-17-11-27-28-19(17)26-13-25-18/h2-5,11,13,16H,6-10,12H2,1H3,(H2,24,25,26,27,28)/t16-/m1/s1. The molecule has 0 spiro atoms. The van der Waals surface area contributed by atoms with Gasteiger partial charge in [0.25, 0.3) is 5.92 Å². The maximum Gasteiger partial charge on any atom is 0.425 e. The van der Waals surface area contributed by atoms with E-state index in [1.807, 2.05) is 19.1 Å². The number of hydrogen-bond donors (Lipinski definition) is 2. The van der Waals surface area contributed by atoms with Gasteiger partial charge in [-0.15, -0.1) is 0 Å². The van der Waals surface area contributed by atoms with Gasteiger partial charge < -0.3 is 14.4 Å². The Kier molecular flexibility index (Phi) is 6.64. The molecule has 1 amide bonds. The summed E-state index contributed by atoms with van der Waals surface area (Å²) in [5.74, 6) is -4.40. The van der Waals surface area contributed by atoms with Crippen molar-refractivity contribution >= 4 is 33.1 Å². The van der Waals surface area contributed by atoms with Gasteiger partial charge >= 0.3 is 16.2 Å². The Balaban J connectivity index is 1.30. The lowest BCUT2D eigenvalue weighted by atomic mass is 9.93. The number of hydrogen-bond acceptors (Lipinski definition) is 8. The molecule has 3 aromatic rings. The molecule has 34 heavy (non-hydrogen) atoms. The predicted octanol–water partition coefficient (Wildman–Crippen LogP) is 2.74. The summed E-state index contributed by atoms with van der Waals surface area (Å²) in [5.41, 5.74) is 2.27. The first-order chi connectivity index (χ1) is 16.1. The van der Waals surface area contributed by atoms with Crippen LogP contribution in [0.25, 0.3) is 11.0 Å². The van der Waals surface area contributed by atoms with Crippen molar-refractivity contribution in [3.05, 3.63) is 47.9 Å². The minimum Gasteiger partial charge on any atom is -0.369 e. The van der Waals surface area contributed by atoms with Crippen LogP contribution < -0.4 is 5.32 Å². The molecule has 10 nitrogen and oxygen atoms in total. The third-order valence-electron chi connectivity index (χ3n) is 5.73. The van der Waals surface area contributed by atoms with Crippen LogP contribution in [0.5, 0.6) is 0 Å². The lowest BCUT2D eigenvalue weighted by Gasteiger charge is -2.37. The number of aromatic amines is 1. The molecule has 1 aliphatic rings. The van der Waals surface area contributed by atoms with Gasteiger partial charge in [0, 0.05) is 19.0 Å². The minimum absolute atomic E-state index is 0.0435. The number of aromatic nitrogens is 4. The van der Waals surface area contributed by atoms with Crippen LogP contribution in [0.4, 0.5) is 19.4 Å². The van der Waals surface area contributed by atoms with Gasteiger partial charge in [0.2, 0.25) is 0 Å². The van der Waals surface area contributed by atoms with Crippen LogP contribution in [0.2, 0.25) is 0 Å². The van der Waals surface area contributed by atoms with E-state index in [2.05, 4.69) is 29.7 Å². The monoisotopic (exact) mass is 494 g/mol. The summed E-state index contributed by atoms with van der Waals surface area (Å²) in [4.78, 5) is 21.1. The molecule has 2 N–H and O–H groups in total. The Hall–Kier alpha value is -3.35. The molecule has 182 valence electrons. The Labute approximate surface area is 194 Å². The number of halogens is 2. The molecule has 1 fully saturated rings. The van der Waals surface area contributed by atoms with Crippen molar-refractivity contribution in [1.82, 2.24) is 25.1 Å². The summed E-state index contributed by atoms with van der Waals surface area (Å²) in [6.07, 6.45) is 1.60. The summed E-state index contributed by atoms with van der Waals surface area (Å²) in [7, 11) is -4.22. The molecule has 0 bridgehead atoms. The van der Waals surface area contributed by atoms with E-state index in [4.69, 9.17) is 0 Å². The molecule has 13 heteroatoms. The van der Waals surface area contributed by atoms with Gasteiger partial charge in [0.05, 0.1) is 23.9 Å². The first-order valence-electron chi connectivity index (χ1n) is 10.7. The lowest BCUT2D eigenvalue weighted by molar-refractivity contribution is -0.0984. The third-order valence-corrected chi connectivity index (χ3v) is 6.83. The van der Waals surface area contributed by atoms with Crippen LogP contribution in [0.15, 0.2) is 36.8 Å². The maximum absolute atomic E-state index is 14.8. The summed E-state index contributed by atoms with van der Waals surface area (Å²) < 4.78 is 58.6. The van der Waals surface area contributed by atoms with Crippen molar-refractivity contribution in [2.75, 3.05) is 30.7 Å². The fourth-order valence-electron chi connectivity index (χ4n) is 3.72. The number of carbonyl (C=O) groups is 1. The summed E-state index contributed by atoms with van der Waals surface area (Å²) in [5, 5.41) is 10.00. The minimum atomic E-state index is -4.22. The van der Waals surface area contributed by atoms with Crippen LogP contribution >= 0.6 is 0 Å². The molecule has 3 heterocycles. The number of rotatable bonds is 7. The van der Waals surface area contributed by atoms with Gasteiger partial charge in [-0.05, 0) is 25.3 Å². The van der Waals surface area contributed by atoms with Crippen LogP contribution in [-0.2, 0) is 20.7 Å². The fourth-order valence-corrected chi connectivity index (χ4v) is 4.61. The molecule has 1 aromatic carbocycles. The fraction of sp³-hybridized carbons (Fsp3) is 0.429. The number of carbonyl (C=O) groups excluding carboxylic acids is 1. The number of H-pyrrole nitrogens is 1. The second kappa shape index (κ2) is 9.49. The molecule has 1 saturated heterocycles. The number of benzene rings is 1. The molecule has 4 rings (SSSR count). The van der Waals surface area contributed by atoms with E-state index in [0.29, 0.717) is 16.9 Å². The number of nitrogens with zero attached hydrogens (tertiary/aromatic N) is 4. The third kappa shape index (κ3) is 5.58. The average Bonchev–Trinajstić information content (AvgIpc) is 3.27. The van der Waals surface area contributed by atoms with E-state index in [1.165, 1.54) is 12.5 Å². The van der Waals surface area contributed by atoms with E-state index in [0.717, 1.165) is 16.0 Å². The Morgan fingerprint density at radius 1 is 1.29 bits per heavy atom. The number of piperidine rings is 1. The zero-order chi connectivity index (χ0) is 24.3. The SMILES string of the molecule is Cc1ccc(CCS(=O)(=O)OC(=O)N2CC[C@H](CNc3ncnc4[nH]ncc34)C(F)(F)C2)cc1. The molecule has 0 unspecified atom stereocenters. The van der Waals surface area contributed by atoms with E-state index >= 15 is 0 Å². The van der Waals surface area contributed by atoms with Crippen molar-refractivity contribution < 1.29 is 26.2 Å². The van der Waals surface area contributed by atoms with Gasteiger partial charge in [0.15, 0.2) is 5.65 Å². The summed E-state index contributed by atoms with van der Waals surface area (Å²) >= 11 is 0. The summed E-state index contributed by atoms with van der Waals surface area (Å²) in [6.45, 7) is 0.823. The smallest absolute Gasteiger partial charge is 0.369 e. The van der Waals surface area contributed by atoms with Gasteiger partial charge in [-0.2, -0.15) is 13.5 Å². The van der Waals surface area contributed by atoms with E-state index in [1.54, 1.807) is 12.1 Å². The van der Waals surface area contributed by atoms with Crippen LogP contribution in [0.1, 0.15) is 17.5 Å². The maximum atomic E-state index is 14.8. The Morgan fingerprint density at radius 3 is 2.79 bits per heavy atom. The molecule has 0 saturated carbocycles. The largest absolute Gasteiger partial charge is 0.425 e. The summed E-state index contributed by atoms with van der Waals surface area (Å²) in [6, 6.07) is 7.26. The topological polar surface area (TPSA) is 130 Å². The molecular weight excluding hydrogens is 470 g/mol. The van der Waals surface area contributed by atoms with Gasteiger partial charge in [-0.25, -0.2) is 23.5 Å². The number of anilines is 1. The molecule has 0 aliphatic carbocycles. The first-order valence-corrected chi connectivity index (χ1v) is 12.2. The normalized spacial score (nSPS) is 18.1. The van der Waals surface area contributed by atoms with Crippen LogP contribution in [-0.4, -0.2) is 70.9 Å². The highest BCUT2D eigenvalue weighted by Crippen LogP contribution is 2.34. The Bertz CT molecular complexity index is 1270. The van der Waals surface area contributed by atoms with E-state index in [-0.39, 0.29) is 25.9 Å². The number of amides is 1. The highest BCUT2D eigenvalue weighted by atomic mass is 32.2. The molecule has 0 radical (unpaired) electrons. The highest BCUT2D eigenvalue weighted by Gasteiger charge is 2.46. The number of alkyl halides is 2. The predicted molar refractivity (Wildman–Crippen MR) is 120 cm³/mol. The van der Waals surface area contributed by atoms with Crippen LogP contribution in [0.3, 0.4) is 0 Å². The average molecular weight is 495 g/mol. The molecule has 1 aliphatic heterocycles. The number of likely N-dealkylation sites (tertiary alicyclic amines) is 1. The van der Waals surface area contributed by atoms with Crippen molar-refractivity contribution in [1.29, 1.82) is 0 Å². The van der Waals surface area contributed by atoms with Crippen LogP contribution in [0, 0.1) is 12.8 Å². The number of aryl methyl sites for hydroxylation is 2. The zero-order valence-electron chi connectivity index (χ0n) is 18.4. The van der Waals surface area contributed by atoms with Gasteiger partial charge in [-0.3, -0.25) is 5.10 Å². The van der Waals surface area contributed by atoms with E-state index < -0.39 is 40.3 Å². The second-order valence-electron chi connectivity index (χ2n) is 8.25. The lowest BCUT2D eigenvalue weighted by Crippen LogP contribution is -2.52. The molecule has 2 aromatic heterocycles. The van der Waals surface area contributed by atoms with Gasteiger partial charge in [-0.1, -0.05) is 29.8 Å². The van der Waals surface area contributed by atoms with Gasteiger partial charge in [0.1, 0.15) is 12.1 Å². The number of fused-ring (bicyclic) bond motifs is 1. The highest BCUT2D eigenvalue weighted by molar-refractivity contribution is 7.87. The van der Waals surface area contributed by atoms with Crippen molar-refractivity contribution in [3.8, 4) is 0 Å². The second-order valence-corrected chi connectivity index (χ2v) is 9.94. The number of nitrogens with one attached hydrogen (secondary N) is 2. The molecule has 1 atom stereocenters. The zero-order valence-corrected chi connectivity index (χ0v) is 19.2. The quantitative estimate of drug-likeness (QED) is 0.480. The van der Waals surface area contributed by atoms with E-state index in [9.17, 15) is 22.0 Å².